The first kappa shape index (κ1) is 26.7. The van der Waals surface area contributed by atoms with Crippen LogP contribution in [0.4, 0.5) is 0 Å². The lowest BCUT2D eigenvalue weighted by Crippen LogP contribution is -2.58. The number of carbonyl (C=O) groups excluding carboxylic acids is 3. The van der Waals surface area contributed by atoms with Gasteiger partial charge in [0.1, 0.15) is 18.3 Å². The second kappa shape index (κ2) is 12.3. The molecule has 2 saturated carbocycles. The minimum absolute atomic E-state index is 0.00201. The number of aromatic amines is 1. The smallest absolute Gasteiger partial charge is 0.323 e. The number of rotatable bonds is 9. The second-order valence-corrected chi connectivity index (χ2v) is 10.3. The molecule has 1 aromatic carbocycles. The van der Waals surface area contributed by atoms with Crippen molar-refractivity contribution in [2.24, 2.45) is 5.92 Å². The van der Waals surface area contributed by atoms with E-state index in [1.165, 1.54) is 13.3 Å². The molecule has 2 fully saturated rings. The first-order valence-corrected chi connectivity index (χ1v) is 13.4. The van der Waals surface area contributed by atoms with Crippen LogP contribution in [-0.4, -0.2) is 64.3 Å². The molecule has 4 rings (SSSR count). The van der Waals surface area contributed by atoms with Crippen LogP contribution in [0.2, 0.25) is 0 Å². The summed E-state index contributed by atoms with van der Waals surface area (Å²) in [4.78, 5) is 56.8. The topological polar surface area (TPSA) is 129 Å². The number of fused-ring (bicyclic) bond motifs is 1. The van der Waals surface area contributed by atoms with Crippen LogP contribution in [0.15, 0.2) is 24.4 Å². The summed E-state index contributed by atoms with van der Waals surface area (Å²) in [6.45, 7) is -0.708. The van der Waals surface area contributed by atoms with Crippen molar-refractivity contribution in [3.05, 3.63) is 30.0 Å². The lowest BCUT2D eigenvalue weighted by atomic mass is 9.82. The molecule has 1 heterocycles. The number of H-pyrrole nitrogens is 1. The van der Waals surface area contributed by atoms with Crippen molar-refractivity contribution in [1.29, 1.82) is 0 Å². The molecule has 2 aliphatic rings. The van der Waals surface area contributed by atoms with E-state index in [0.29, 0.717) is 29.5 Å². The molecule has 0 spiro atoms. The van der Waals surface area contributed by atoms with Crippen molar-refractivity contribution in [2.75, 3.05) is 13.7 Å². The van der Waals surface area contributed by atoms with Gasteiger partial charge in [0.2, 0.25) is 5.91 Å². The molecular weight excluding hydrogens is 474 g/mol. The van der Waals surface area contributed by atoms with Crippen molar-refractivity contribution in [3.8, 4) is 5.75 Å². The number of hydrogen-bond donors (Lipinski definition) is 3. The molecule has 2 aliphatic carbocycles. The van der Waals surface area contributed by atoms with E-state index in [9.17, 15) is 24.3 Å². The van der Waals surface area contributed by atoms with Crippen molar-refractivity contribution in [3.63, 3.8) is 0 Å². The molecule has 3 N–H and O–H groups in total. The lowest BCUT2D eigenvalue weighted by Gasteiger charge is -2.37. The Labute approximate surface area is 216 Å². The van der Waals surface area contributed by atoms with Crippen molar-refractivity contribution in [1.82, 2.24) is 15.2 Å². The summed E-state index contributed by atoms with van der Waals surface area (Å²) in [7, 11) is 1.54. The van der Waals surface area contributed by atoms with Gasteiger partial charge in [0.15, 0.2) is 0 Å². The zero-order valence-corrected chi connectivity index (χ0v) is 21.5. The summed E-state index contributed by atoms with van der Waals surface area (Å²) < 4.78 is 5.23. The predicted molar refractivity (Wildman–Crippen MR) is 139 cm³/mol. The van der Waals surface area contributed by atoms with Crippen LogP contribution >= 0.6 is 0 Å². The minimum Gasteiger partial charge on any atom is -0.497 e. The molecule has 9 heteroatoms. The molecule has 0 aliphatic heterocycles. The quantitative estimate of drug-likeness (QED) is 0.265. The Morgan fingerprint density at radius 1 is 1.03 bits per heavy atom. The van der Waals surface area contributed by atoms with Crippen LogP contribution in [0.3, 0.4) is 0 Å². The standard InChI is InChI=1S/C28H37N3O6/c1-37-20-13-14-21-22(16-29-23(21)15-20)26(34)28(36)31(17-24(32)33)25(18-9-5-4-6-10-18)27(35)30-19-11-7-2-3-8-12-19/h13-16,18-19,25,29H,2-12,17H2,1H3,(H,30,35)(H,32,33)/t25-/m1/s1. The molecule has 200 valence electrons. The fraction of sp³-hybridized carbons (Fsp3) is 0.571. The number of hydrogen-bond acceptors (Lipinski definition) is 5. The molecule has 2 aromatic rings. The molecule has 0 radical (unpaired) electrons. The maximum absolute atomic E-state index is 13.7. The molecule has 1 atom stereocenters. The summed E-state index contributed by atoms with van der Waals surface area (Å²) >= 11 is 0. The molecule has 0 saturated heterocycles. The number of amides is 2. The Hall–Kier alpha value is -3.36. The van der Waals surface area contributed by atoms with Gasteiger partial charge in [0.05, 0.1) is 12.7 Å². The van der Waals surface area contributed by atoms with E-state index in [-0.39, 0.29) is 23.4 Å². The van der Waals surface area contributed by atoms with E-state index in [1.54, 1.807) is 18.2 Å². The largest absolute Gasteiger partial charge is 0.497 e. The Bertz CT molecular complexity index is 1130. The van der Waals surface area contributed by atoms with Gasteiger partial charge in [-0.2, -0.15) is 0 Å². The summed E-state index contributed by atoms with van der Waals surface area (Å²) in [6.07, 6.45) is 11.8. The Morgan fingerprint density at radius 2 is 1.68 bits per heavy atom. The van der Waals surface area contributed by atoms with Gasteiger partial charge in [-0.05, 0) is 43.7 Å². The van der Waals surface area contributed by atoms with Gasteiger partial charge in [0, 0.05) is 29.2 Å². The van der Waals surface area contributed by atoms with Crippen LogP contribution in [0.25, 0.3) is 10.9 Å². The number of nitrogens with one attached hydrogen (secondary N) is 2. The van der Waals surface area contributed by atoms with Gasteiger partial charge in [0.25, 0.3) is 11.7 Å². The van der Waals surface area contributed by atoms with Crippen LogP contribution in [0, 0.1) is 5.92 Å². The number of benzene rings is 1. The fourth-order valence-electron chi connectivity index (χ4n) is 5.88. The number of carboxylic acid groups (broad SMARTS) is 1. The normalized spacial score (nSPS) is 18.1. The highest BCUT2D eigenvalue weighted by molar-refractivity contribution is 6.45. The molecule has 0 unspecified atom stereocenters. The van der Waals surface area contributed by atoms with Crippen LogP contribution < -0.4 is 10.1 Å². The Morgan fingerprint density at radius 3 is 2.32 bits per heavy atom. The van der Waals surface area contributed by atoms with Gasteiger partial charge in [-0.3, -0.25) is 19.2 Å². The van der Waals surface area contributed by atoms with E-state index in [0.717, 1.165) is 62.7 Å². The number of aromatic nitrogens is 1. The number of Topliss-reactive ketones (excluding diaryl/α,β-unsaturated/α-hetero) is 1. The highest BCUT2D eigenvalue weighted by atomic mass is 16.5. The lowest BCUT2D eigenvalue weighted by molar-refractivity contribution is -0.148. The number of ether oxygens (including phenoxy) is 1. The third-order valence-electron chi connectivity index (χ3n) is 7.80. The summed E-state index contributed by atoms with van der Waals surface area (Å²) in [6, 6.07) is 4.10. The number of methoxy groups -OCH3 is 1. The predicted octanol–water partition coefficient (Wildman–Crippen LogP) is 4.06. The number of nitrogens with zero attached hydrogens (tertiary/aromatic N) is 1. The fourth-order valence-corrected chi connectivity index (χ4v) is 5.88. The molecule has 0 bridgehead atoms. The SMILES string of the molecule is COc1ccc2c(C(=O)C(=O)N(CC(=O)O)[C@@H](C(=O)NC3CCCCCC3)C3CCCCC3)c[nH]c2c1. The average Bonchev–Trinajstić information content (AvgIpc) is 3.15. The highest BCUT2D eigenvalue weighted by Gasteiger charge is 2.41. The molecule has 9 nitrogen and oxygen atoms in total. The van der Waals surface area contributed by atoms with Gasteiger partial charge in [-0.1, -0.05) is 44.9 Å². The van der Waals surface area contributed by atoms with Crippen molar-refractivity contribution in [2.45, 2.75) is 82.7 Å². The first-order chi connectivity index (χ1) is 17.9. The number of carbonyl (C=O) groups is 4. The summed E-state index contributed by atoms with van der Waals surface area (Å²) in [5.74, 6) is -2.99. The van der Waals surface area contributed by atoms with Crippen molar-refractivity contribution < 1.29 is 29.0 Å². The van der Waals surface area contributed by atoms with Gasteiger partial charge >= 0.3 is 5.97 Å². The average molecular weight is 512 g/mol. The number of carboxylic acids is 1. The van der Waals surface area contributed by atoms with Gasteiger partial charge in [-0.15, -0.1) is 0 Å². The zero-order chi connectivity index (χ0) is 26.4. The second-order valence-electron chi connectivity index (χ2n) is 10.3. The molecular formula is C28H37N3O6. The van der Waals surface area contributed by atoms with Crippen molar-refractivity contribution >= 4 is 34.5 Å². The number of ketones is 1. The minimum atomic E-state index is -1.26. The van der Waals surface area contributed by atoms with E-state index < -0.39 is 30.2 Å². The van der Waals surface area contributed by atoms with Crippen LogP contribution in [0.5, 0.6) is 5.75 Å². The summed E-state index contributed by atoms with van der Waals surface area (Å²) in [5.41, 5.74) is 0.764. The van der Waals surface area contributed by atoms with E-state index in [2.05, 4.69) is 10.3 Å². The number of aliphatic carboxylic acids is 1. The Kier molecular flexibility index (Phi) is 8.84. The molecule has 37 heavy (non-hydrogen) atoms. The molecule has 1 aromatic heterocycles. The first-order valence-electron chi connectivity index (χ1n) is 13.4. The Balaban J connectivity index is 1.64. The van der Waals surface area contributed by atoms with Crippen LogP contribution in [-0.2, 0) is 14.4 Å². The van der Waals surface area contributed by atoms with E-state index in [1.807, 2.05) is 0 Å². The van der Waals surface area contributed by atoms with Crippen LogP contribution in [0.1, 0.15) is 81.0 Å². The maximum atomic E-state index is 13.7. The van der Waals surface area contributed by atoms with E-state index in [4.69, 9.17) is 4.74 Å². The highest BCUT2D eigenvalue weighted by Crippen LogP contribution is 2.31. The molecule has 2 amide bonds. The zero-order valence-electron chi connectivity index (χ0n) is 21.5. The monoisotopic (exact) mass is 511 g/mol. The summed E-state index contributed by atoms with van der Waals surface area (Å²) in [5, 5.41) is 13.4. The van der Waals surface area contributed by atoms with Gasteiger partial charge < -0.3 is 25.0 Å². The van der Waals surface area contributed by atoms with E-state index >= 15 is 0 Å². The third kappa shape index (κ3) is 6.32. The third-order valence-corrected chi connectivity index (χ3v) is 7.80. The maximum Gasteiger partial charge on any atom is 0.323 e. The van der Waals surface area contributed by atoms with Gasteiger partial charge in [-0.25, -0.2) is 0 Å².